The van der Waals surface area contributed by atoms with Crippen molar-refractivity contribution in [2.75, 3.05) is 0 Å². The summed E-state index contributed by atoms with van der Waals surface area (Å²) in [6.07, 6.45) is 1.57. The van der Waals surface area contributed by atoms with Crippen LogP contribution in [0.1, 0.15) is 13.8 Å². The summed E-state index contributed by atoms with van der Waals surface area (Å²) in [7, 11) is 0. The molecule has 0 fully saturated rings. The van der Waals surface area contributed by atoms with Crippen LogP contribution in [-0.2, 0) is 0 Å². The Morgan fingerprint density at radius 2 is 2.00 bits per heavy atom. The summed E-state index contributed by atoms with van der Waals surface area (Å²) >= 11 is 0. The van der Waals surface area contributed by atoms with E-state index in [0.717, 1.165) is 11.4 Å². The van der Waals surface area contributed by atoms with Crippen LogP contribution in [0.4, 0.5) is 0 Å². The lowest BCUT2D eigenvalue weighted by molar-refractivity contribution is 1.12. The van der Waals surface area contributed by atoms with Gasteiger partial charge >= 0.3 is 0 Å². The Hall–Kier alpha value is -0.790. The number of aliphatic imine (C=N–C) groups is 1. The average molecular weight is 95.1 g/mol. The molecule has 0 saturated carbocycles. The Bertz CT molecular complexity index is 133. The van der Waals surface area contributed by atoms with Gasteiger partial charge in [0, 0.05) is 0 Å². The molecule has 1 aliphatic heterocycles. The molecular formula is C5H7N2. The van der Waals surface area contributed by atoms with E-state index in [0.29, 0.717) is 0 Å². The third kappa shape index (κ3) is 0.633. The zero-order valence-electron chi connectivity index (χ0n) is 4.47. The normalized spacial score (nSPS) is 18.0. The fraction of sp³-hybridized carbons (Fsp3) is 0.400. The molecule has 1 heterocycles. The molecule has 0 aromatic heterocycles. The van der Waals surface area contributed by atoms with Crippen LogP contribution < -0.4 is 5.32 Å². The number of hydrogen-bond donors (Lipinski definition) is 0. The van der Waals surface area contributed by atoms with Gasteiger partial charge in [0.15, 0.2) is 0 Å². The Kier molecular flexibility index (Phi) is 0.855. The maximum Gasteiger partial charge on any atom is 0.116 e. The maximum atomic E-state index is 3.91. The molecule has 0 aromatic carbocycles. The Morgan fingerprint density at radius 1 is 1.29 bits per heavy atom. The summed E-state index contributed by atoms with van der Waals surface area (Å²) in [5.74, 6) is 0. The SMILES string of the molecule is CC1=C(C)N=C[N]1. The predicted molar refractivity (Wildman–Crippen MR) is 29.0 cm³/mol. The Morgan fingerprint density at radius 3 is 2.14 bits per heavy atom. The molecule has 0 atom stereocenters. The van der Waals surface area contributed by atoms with Crippen LogP contribution in [-0.4, -0.2) is 6.34 Å². The van der Waals surface area contributed by atoms with E-state index in [-0.39, 0.29) is 0 Å². The molecular weight excluding hydrogens is 88.1 g/mol. The fourth-order valence-electron chi connectivity index (χ4n) is 0.389. The molecule has 0 bridgehead atoms. The van der Waals surface area contributed by atoms with E-state index in [1.54, 1.807) is 6.34 Å². The minimum Gasteiger partial charge on any atom is -0.240 e. The van der Waals surface area contributed by atoms with Crippen molar-refractivity contribution < 1.29 is 0 Å². The van der Waals surface area contributed by atoms with Crippen LogP contribution in [0.2, 0.25) is 0 Å². The van der Waals surface area contributed by atoms with Gasteiger partial charge in [-0.25, -0.2) is 10.3 Å². The van der Waals surface area contributed by atoms with Gasteiger partial charge in [0.05, 0.1) is 11.4 Å². The zero-order chi connectivity index (χ0) is 5.28. The molecule has 7 heavy (non-hydrogen) atoms. The summed E-state index contributed by atoms with van der Waals surface area (Å²) in [5, 5.41) is 3.91. The first-order valence-corrected chi connectivity index (χ1v) is 2.21. The standard InChI is InChI=1S/C5H7N2/c1-4-5(2)7-3-6-4/h3H,1-2H3. The summed E-state index contributed by atoms with van der Waals surface area (Å²) in [5.41, 5.74) is 2.06. The van der Waals surface area contributed by atoms with Gasteiger partial charge in [-0.15, -0.1) is 0 Å². The van der Waals surface area contributed by atoms with E-state index < -0.39 is 0 Å². The molecule has 0 aromatic rings. The number of nitrogens with zero attached hydrogens (tertiary/aromatic N) is 2. The van der Waals surface area contributed by atoms with E-state index in [1.165, 1.54) is 0 Å². The van der Waals surface area contributed by atoms with Crippen molar-refractivity contribution in [2.24, 2.45) is 4.99 Å². The number of hydrogen-bond acceptors (Lipinski definition) is 1. The molecule has 0 saturated heterocycles. The van der Waals surface area contributed by atoms with Gasteiger partial charge in [0.2, 0.25) is 0 Å². The van der Waals surface area contributed by atoms with Crippen molar-refractivity contribution in [3.05, 3.63) is 11.4 Å². The summed E-state index contributed by atoms with van der Waals surface area (Å²) in [6.45, 7) is 3.89. The first-order chi connectivity index (χ1) is 3.30. The highest BCUT2D eigenvalue weighted by atomic mass is 15.0. The van der Waals surface area contributed by atoms with Crippen molar-refractivity contribution in [1.29, 1.82) is 0 Å². The summed E-state index contributed by atoms with van der Waals surface area (Å²) in [4.78, 5) is 3.91. The van der Waals surface area contributed by atoms with E-state index in [9.17, 15) is 0 Å². The second kappa shape index (κ2) is 1.37. The first-order valence-electron chi connectivity index (χ1n) is 2.21. The van der Waals surface area contributed by atoms with E-state index in [4.69, 9.17) is 0 Å². The topological polar surface area (TPSA) is 26.5 Å². The monoisotopic (exact) mass is 95.1 g/mol. The lowest BCUT2D eigenvalue weighted by Gasteiger charge is -1.84. The van der Waals surface area contributed by atoms with Gasteiger partial charge < -0.3 is 0 Å². The predicted octanol–water partition coefficient (Wildman–Crippen LogP) is 0.884. The zero-order valence-corrected chi connectivity index (χ0v) is 4.47. The second-order valence-electron chi connectivity index (χ2n) is 1.54. The molecule has 0 aliphatic carbocycles. The average Bonchev–Trinajstić information content (AvgIpc) is 1.91. The molecule has 0 N–H and O–H groups in total. The minimum atomic E-state index is 1.03. The second-order valence-corrected chi connectivity index (χ2v) is 1.54. The van der Waals surface area contributed by atoms with Crippen molar-refractivity contribution in [3.63, 3.8) is 0 Å². The van der Waals surface area contributed by atoms with Crippen molar-refractivity contribution in [2.45, 2.75) is 13.8 Å². The molecule has 1 radical (unpaired) electrons. The van der Waals surface area contributed by atoms with Crippen LogP contribution in [0, 0.1) is 0 Å². The third-order valence-corrected chi connectivity index (χ3v) is 1.03. The molecule has 1 rings (SSSR count). The molecule has 2 heteroatoms. The van der Waals surface area contributed by atoms with Crippen LogP contribution in [0.25, 0.3) is 0 Å². The number of allylic oxidation sites excluding steroid dienone is 2. The molecule has 0 amide bonds. The van der Waals surface area contributed by atoms with E-state index in [1.807, 2.05) is 13.8 Å². The van der Waals surface area contributed by atoms with Gasteiger partial charge in [-0.2, -0.15) is 0 Å². The van der Waals surface area contributed by atoms with Gasteiger partial charge in [-0.3, -0.25) is 0 Å². The largest absolute Gasteiger partial charge is 0.240 e. The smallest absolute Gasteiger partial charge is 0.116 e. The van der Waals surface area contributed by atoms with Crippen LogP contribution >= 0.6 is 0 Å². The van der Waals surface area contributed by atoms with Gasteiger partial charge in [0.1, 0.15) is 6.34 Å². The van der Waals surface area contributed by atoms with Gasteiger partial charge in [-0.05, 0) is 13.8 Å². The Labute approximate surface area is 42.9 Å². The Balaban J connectivity index is 2.79. The minimum absolute atomic E-state index is 1.03. The summed E-state index contributed by atoms with van der Waals surface area (Å²) in [6, 6.07) is 0. The number of rotatable bonds is 0. The van der Waals surface area contributed by atoms with Crippen LogP contribution in [0.15, 0.2) is 16.4 Å². The third-order valence-electron chi connectivity index (χ3n) is 1.03. The lowest BCUT2D eigenvalue weighted by Crippen LogP contribution is -1.90. The van der Waals surface area contributed by atoms with Crippen LogP contribution in [0.5, 0.6) is 0 Å². The van der Waals surface area contributed by atoms with Crippen LogP contribution in [0.3, 0.4) is 0 Å². The molecule has 1 aliphatic rings. The molecule has 0 unspecified atom stereocenters. The highest BCUT2D eigenvalue weighted by Gasteiger charge is 1.98. The van der Waals surface area contributed by atoms with Gasteiger partial charge in [-0.1, -0.05) is 0 Å². The van der Waals surface area contributed by atoms with Gasteiger partial charge in [0.25, 0.3) is 0 Å². The van der Waals surface area contributed by atoms with Crippen molar-refractivity contribution in [1.82, 2.24) is 5.32 Å². The molecule has 0 spiro atoms. The quantitative estimate of drug-likeness (QED) is 0.427. The lowest BCUT2D eigenvalue weighted by atomic mass is 10.4. The molecule has 37 valence electrons. The first kappa shape index (κ1) is 4.37. The fourth-order valence-corrected chi connectivity index (χ4v) is 0.389. The highest BCUT2D eigenvalue weighted by Crippen LogP contribution is 2.04. The van der Waals surface area contributed by atoms with E-state index >= 15 is 0 Å². The summed E-state index contributed by atoms with van der Waals surface area (Å²) < 4.78 is 0. The maximum absolute atomic E-state index is 3.91. The highest BCUT2D eigenvalue weighted by molar-refractivity contribution is 5.62. The van der Waals surface area contributed by atoms with Crippen molar-refractivity contribution >= 4 is 6.34 Å². The van der Waals surface area contributed by atoms with E-state index in [2.05, 4.69) is 10.3 Å². The van der Waals surface area contributed by atoms with Crippen molar-refractivity contribution in [3.8, 4) is 0 Å². The molecule has 2 nitrogen and oxygen atoms in total.